The fourth-order valence-electron chi connectivity index (χ4n) is 7.00. The summed E-state index contributed by atoms with van der Waals surface area (Å²) in [6.07, 6.45) is 1.02. The number of fused-ring (bicyclic) bond motifs is 6. The van der Waals surface area contributed by atoms with E-state index in [1.54, 1.807) is 0 Å². The van der Waals surface area contributed by atoms with Crippen molar-refractivity contribution in [3.8, 4) is 22.3 Å². The van der Waals surface area contributed by atoms with Gasteiger partial charge in [-0.25, -0.2) is 0 Å². The van der Waals surface area contributed by atoms with Crippen LogP contribution in [0.5, 0.6) is 0 Å². The van der Waals surface area contributed by atoms with E-state index in [0.29, 0.717) is 0 Å². The van der Waals surface area contributed by atoms with Crippen molar-refractivity contribution >= 4 is 59.5 Å². The van der Waals surface area contributed by atoms with Crippen molar-refractivity contribution in [2.75, 3.05) is 6.54 Å². The SMILES string of the molecule is c1ccc2cc(-c3c4ccccc4c(-c4ccc(C5=NCCc6c5sc5ccccc65)cc4)c4ccccc34)ccc2c1. The van der Waals surface area contributed by atoms with Gasteiger partial charge in [0.2, 0.25) is 0 Å². The predicted octanol–water partition coefficient (Wildman–Crippen LogP) is 11.1. The molecule has 0 saturated carbocycles. The van der Waals surface area contributed by atoms with Crippen LogP contribution in [0.2, 0.25) is 0 Å². The first-order valence-corrected chi connectivity index (χ1v) is 15.7. The first kappa shape index (κ1) is 24.5. The molecule has 1 aliphatic heterocycles. The largest absolute Gasteiger partial charge is 0.283 e. The van der Waals surface area contributed by atoms with E-state index >= 15 is 0 Å². The summed E-state index contributed by atoms with van der Waals surface area (Å²) in [7, 11) is 0. The summed E-state index contributed by atoms with van der Waals surface area (Å²) in [5, 5.41) is 9.03. The van der Waals surface area contributed by atoms with Crippen LogP contribution in [0.3, 0.4) is 0 Å². The second kappa shape index (κ2) is 9.76. The maximum atomic E-state index is 5.03. The van der Waals surface area contributed by atoms with Gasteiger partial charge in [-0.2, -0.15) is 0 Å². The second-order valence-electron chi connectivity index (χ2n) is 11.4. The Morgan fingerprint density at radius 2 is 1.00 bits per heavy atom. The quantitative estimate of drug-likeness (QED) is 0.189. The number of rotatable bonds is 3. The molecular formula is C41H27NS. The standard InChI is InChI=1S/C41H27NS/c1-2-10-29-25-30(22-17-26(29)9-1)39-34-14-5-3-12-32(34)38(33-13-4-6-15-35(33)39)27-18-20-28(21-19-27)40-41-36(23-24-42-40)31-11-7-8-16-37(31)43-41/h1-22,25H,23-24H2. The Bertz CT molecular complexity index is 2330. The van der Waals surface area contributed by atoms with Gasteiger partial charge in [-0.05, 0) is 84.1 Å². The van der Waals surface area contributed by atoms with Gasteiger partial charge < -0.3 is 0 Å². The van der Waals surface area contributed by atoms with Gasteiger partial charge in [-0.15, -0.1) is 11.3 Å². The summed E-state index contributed by atoms with van der Waals surface area (Å²) in [5.74, 6) is 0. The van der Waals surface area contributed by atoms with Crippen LogP contribution in [0.1, 0.15) is 16.0 Å². The van der Waals surface area contributed by atoms with Crippen molar-refractivity contribution in [3.63, 3.8) is 0 Å². The Hall–Kier alpha value is -5.05. The third kappa shape index (κ3) is 3.87. The molecule has 0 N–H and O–H groups in total. The number of hydrogen-bond acceptors (Lipinski definition) is 2. The molecule has 0 radical (unpaired) electrons. The Kier molecular flexibility index (Phi) is 5.57. The fraction of sp³-hybridized carbons (Fsp3) is 0.0488. The average molecular weight is 566 g/mol. The third-order valence-corrected chi connectivity index (χ3v) is 10.2. The minimum absolute atomic E-state index is 0.844. The van der Waals surface area contributed by atoms with Crippen LogP contribution in [0.4, 0.5) is 0 Å². The van der Waals surface area contributed by atoms with Crippen molar-refractivity contribution in [2.45, 2.75) is 6.42 Å². The highest BCUT2D eigenvalue weighted by atomic mass is 32.1. The second-order valence-corrected chi connectivity index (χ2v) is 12.4. The van der Waals surface area contributed by atoms with Gasteiger partial charge in [-0.1, -0.05) is 127 Å². The molecule has 0 amide bonds. The fourth-order valence-corrected chi connectivity index (χ4v) is 8.28. The highest BCUT2D eigenvalue weighted by Gasteiger charge is 2.22. The minimum atomic E-state index is 0.844. The molecule has 0 spiro atoms. The Morgan fingerprint density at radius 1 is 0.465 bits per heavy atom. The molecule has 2 heteroatoms. The number of hydrogen-bond donors (Lipinski definition) is 0. The van der Waals surface area contributed by atoms with Crippen LogP contribution in [0.25, 0.3) is 64.7 Å². The predicted molar refractivity (Wildman–Crippen MR) is 186 cm³/mol. The summed E-state index contributed by atoms with van der Waals surface area (Å²) in [5.41, 5.74) is 8.85. The van der Waals surface area contributed by atoms with Gasteiger partial charge in [0.15, 0.2) is 0 Å². The van der Waals surface area contributed by atoms with E-state index in [-0.39, 0.29) is 0 Å². The highest BCUT2D eigenvalue weighted by molar-refractivity contribution is 7.21. The van der Waals surface area contributed by atoms with E-state index in [1.165, 1.54) is 80.7 Å². The van der Waals surface area contributed by atoms with Crippen molar-refractivity contribution < 1.29 is 0 Å². The average Bonchev–Trinajstić information content (AvgIpc) is 3.46. The molecule has 1 nitrogen and oxygen atoms in total. The summed E-state index contributed by atoms with van der Waals surface area (Å²) in [4.78, 5) is 6.36. The van der Waals surface area contributed by atoms with Crippen molar-refractivity contribution in [2.24, 2.45) is 4.99 Å². The number of benzene rings is 7. The normalized spacial score (nSPS) is 13.1. The zero-order valence-corrected chi connectivity index (χ0v) is 24.4. The van der Waals surface area contributed by atoms with Crippen LogP contribution in [-0.2, 0) is 6.42 Å². The molecule has 0 unspecified atom stereocenters. The number of thiophene rings is 1. The molecule has 2 heterocycles. The highest BCUT2D eigenvalue weighted by Crippen LogP contribution is 2.44. The van der Waals surface area contributed by atoms with Crippen LogP contribution in [0, 0.1) is 0 Å². The summed E-state index contributed by atoms with van der Waals surface area (Å²) >= 11 is 1.88. The minimum Gasteiger partial charge on any atom is -0.283 e. The summed E-state index contributed by atoms with van der Waals surface area (Å²) in [6.45, 7) is 0.844. The molecule has 1 aromatic heterocycles. The first-order valence-electron chi connectivity index (χ1n) is 14.9. The molecule has 0 bridgehead atoms. The molecular weight excluding hydrogens is 539 g/mol. The molecule has 0 aliphatic carbocycles. The van der Waals surface area contributed by atoms with Crippen molar-refractivity contribution in [1.29, 1.82) is 0 Å². The molecule has 202 valence electrons. The molecule has 7 aromatic carbocycles. The van der Waals surface area contributed by atoms with Crippen LogP contribution in [-0.4, -0.2) is 12.3 Å². The monoisotopic (exact) mass is 565 g/mol. The number of nitrogens with zero attached hydrogens (tertiary/aromatic N) is 1. The maximum Gasteiger partial charge on any atom is 0.0822 e. The van der Waals surface area contributed by atoms with Crippen molar-refractivity contribution in [1.82, 2.24) is 0 Å². The van der Waals surface area contributed by atoms with Gasteiger partial charge in [0.05, 0.1) is 10.6 Å². The molecule has 0 saturated heterocycles. The lowest BCUT2D eigenvalue weighted by molar-refractivity contribution is 0.960. The topological polar surface area (TPSA) is 12.4 Å². The number of aliphatic imine (C=N–C) groups is 1. The van der Waals surface area contributed by atoms with E-state index in [4.69, 9.17) is 4.99 Å². The Balaban J connectivity index is 1.22. The van der Waals surface area contributed by atoms with Gasteiger partial charge in [-0.3, -0.25) is 4.99 Å². The lowest BCUT2D eigenvalue weighted by Crippen LogP contribution is -2.11. The first-order chi connectivity index (χ1) is 21.3. The molecule has 9 rings (SSSR count). The van der Waals surface area contributed by atoms with Gasteiger partial charge >= 0.3 is 0 Å². The van der Waals surface area contributed by atoms with Crippen LogP contribution in [0.15, 0.2) is 145 Å². The molecule has 0 fully saturated rings. The van der Waals surface area contributed by atoms with E-state index in [1.807, 2.05) is 11.3 Å². The summed E-state index contributed by atoms with van der Waals surface area (Å²) < 4.78 is 1.35. The van der Waals surface area contributed by atoms with E-state index in [9.17, 15) is 0 Å². The lowest BCUT2D eigenvalue weighted by Gasteiger charge is -2.18. The van der Waals surface area contributed by atoms with E-state index in [2.05, 4.69) is 140 Å². The van der Waals surface area contributed by atoms with Gasteiger partial charge in [0.25, 0.3) is 0 Å². The van der Waals surface area contributed by atoms with Gasteiger partial charge in [0, 0.05) is 16.8 Å². The zero-order valence-electron chi connectivity index (χ0n) is 23.5. The van der Waals surface area contributed by atoms with Crippen LogP contribution < -0.4 is 0 Å². The molecule has 43 heavy (non-hydrogen) atoms. The molecule has 0 atom stereocenters. The molecule has 8 aromatic rings. The molecule has 1 aliphatic rings. The summed E-state index contributed by atoms with van der Waals surface area (Å²) in [6, 6.07) is 51.2. The zero-order chi connectivity index (χ0) is 28.3. The van der Waals surface area contributed by atoms with E-state index < -0.39 is 0 Å². The van der Waals surface area contributed by atoms with E-state index in [0.717, 1.165) is 18.7 Å². The Morgan fingerprint density at radius 3 is 1.70 bits per heavy atom. The van der Waals surface area contributed by atoms with Gasteiger partial charge in [0.1, 0.15) is 0 Å². The third-order valence-electron chi connectivity index (χ3n) is 8.96. The lowest BCUT2D eigenvalue weighted by atomic mass is 9.85. The smallest absolute Gasteiger partial charge is 0.0822 e. The van der Waals surface area contributed by atoms with Crippen LogP contribution >= 0.6 is 11.3 Å². The van der Waals surface area contributed by atoms with Crippen molar-refractivity contribution in [3.05, 3.63) is 156 Å². The Labute approximate surface area is 254 Å². The maximum absolute atomic E-state index is 5.03.